The van der Waals surface area contributed by atoms with Crippen molar-refractivity contribution >= 4 is 0 Å². The van der Waals surface area contributed by atoms with Gasteiger partial charge in [-0.1, -0.05) is 19.1 Å². The molecule has 0 bridgehead atoms. The zero-order valence-electron chi connectivity index (χ0n) is 12.7. The molecule has 0 atom stereocenters. The molecule has 0 N–H and O–H groups in total. The van der Waals surface area contributed by atoms with Crippen molar-refractivity contribution in [2.24, 2.45) is 11.3 Å². The molecule has 1 aromatic carbocycles. The van der Waals surface area contributed by atoms with Gasteiger partial charge < -0.3 is 9.47 Å². The lowest BCUT2D eigenvalue weighted by Crippen LogP contribution is -2.46. The molecule has 0 spiro atoms. The smallest absolute Gasteiger partial charge is 0.406 e. The fourth-order valence-electron chi connectivity index (χ4n) is 3.73. The van der Waals surface area contributed by atoms with E-state index in [2.05, 4.69) is 11.7 Å². The Hall–Kier alpha value is -1.23. The van der Waals surface area contributed by atoms with E-state index in [1.807, 2.05) is 0 Å². The highest BCUT2D eigenvalue weighted by Gasteiger charge is 2.42. The van der Waals surface area contributed by atoms with Crippen molar-refractivity contribution in [2.45, 2.75) is 44.9 Å². The third kappa shape index (κ3) is 3.40. The highest BCUT2D eigenvalue weighted by Crippen LogP contribution is 2.46. The van der Waals surface area contributed by atoms with Gasteiger partial charge in [0, 0.05) is 5.41 Å². The first-order chi connectivity index (χ1) is 10.4. The summed E-state index contributed by atoms with van der Waals surface area (Å²) in [5.41, 5.74) is 1.46. The summed E-state index contributed by atoms with van der Waals surface area (Å²) in [4.78, 5) is 0. The van der Waals surface area contributed by atoms with Crippen LogP contribution in [0.4, 0.5) is 13.2 Å². The topological polar surface area (TPSA) is 18.5 Å². The normalized spacial score (nSPS) is 28.0. The summed E-state index contributed by atoms with van der Waals surface area (Å²) in [6, 6.07) is 6.35. The fraction of sp³-hybridized carbons (Fsp3) is 0.647. The van der Waals surface area contributed by atoms with Gasteiger partial charge in [-0.3, -0.25) is 0 Å². The van der Waals surface area contributed by atoms with E-state index in [0.29, 0.717) is 17.3 Å². The number of ether oxygens (including phenoxy) is 2. The molecule has 1 aromatic rings. The highest BCUT2D eigenvalue weighted by atomic mass is 19.4. The maximum Gasteiger partial charge on any atom is 0.573 e. The molecule has 2 aliphatic rings. The van der Waals surface area contributed by atoms with E-state index in [4.69, 9.17) is 4.74 Å². The van der Waals surface area contributed by atoms with Gasteiger partial charge in [0.1, 0.15) is 5.75 Å². The lowest BCUT2D eigenvalue weighted by Gasteiger charge is -2.47. The summed E-state index contributed by atoms with van der Waals surface area (Å²) in [5, 5.41) is 0. The Labute approximate surface area is 128 Å². The molecule has 5 heteroatoms. The molecule has 2 fully saturated rings. The van der Waals surface area contributed by atoms with Gasteiger partial charge in [-0.25, -0.2) is 0 Å². The first kappa shape index (κ1) is 15.7. The first-order valence-corrected chi connectivity index (χ1v) is 7.79. The third-order valence-corrected chi connectivity index (χ3v) is 5.16. The van der Waals surface area contributed by atoms with Crippen LogP contribution in [0.1, 0.15) is 44.1 Å². The molecule has 1 saturated heterocycles. The molecule has 1 heterocycles. The van der Waals surface area contributed by atoms with Crippen LogP contribution in [0.25, 0.3) is 0 Å². The Morgan fingerprint density at radius 1 is 1.05 bits per heavy atom. The number of hydrogen-bond acceptors (Lipinski definition) is 2. The van der Waals surface area contributed by atoms with Crippen LogP contribution in [0.15, 0.2) is 24.3 Å². The summed E-state index contributed by atoms with van der Waals surface area (Å²) in [5.74, 6) is 1.01. The van der Waals surface area contributed by atoms with Gasteiger partial charge in [0.25, 0.3) is 0 Å². The molecular formula is C17H21F3O2. The van der Waals surface area contributed by atoms with Crippen LogP contribution in [0, 0.1) is 11.3 Å². The highest BCUT2D eigenvalue weighted by molar-refractivity contribution is 5.30. The maximum atomic E-state index is 12.2. The lowest BCUT2D eigenvalue weighted by molar-refractivity contribution is -0.274. The van der Waals surface area contributed by atoms with Crippen molar-refractivity contribution in [3.05, 3.63) is 29.8 Å². The minimum Gasteiger partial charge on any atom is -0.406 e. The van der Waals surface area contributed by atoms with Crippen molar-refractivity contribution in [3.63, 3.8) is 0 Å². The average Bonchev–Trinajstić information content (AvgIpc) is 2.44. The fourth-order valence-corrected chi connectivity index (χ4v) is 3.73. The Kier molecular flexibility index (Phi) is 4.10. The molecule has 2 nitrogen and oxygen atoms in total. The Bertz CT molecular complexity index is 498. The Morgan fingerprint density at radius 3 is 2.09 bits per heavy atom. The van der Waals surface area contributed by atoms with E-state index < -0.39 is 6.36 Å². The number of rotatable bonds is 3. The van der Waals surface area contributed by atoms with Crippen LogP contribution in [0.5, 0.6) is 5.75 Å². The van der Waals surface area contributed by atoms with E-state index in [0.717, 1.165) is 31.6 Å². The Balaban J connectivity index is 1.57. The van der Waals surface area contributed by atoms with Gasteiger partial charge in [0.2, 0.25) is 0 Å². The zero-order chi connectivity index (χ0) is 15.8. The number of halogens is 3. The quantitative estimate of drug-likeness (QED) is 0.790. The van der Waals surface area contributed by atoms with E-state index >= 15 is 0 Å². The van der Waals surface area contributed by atoms with Crippen molar-refractivity contribution in [1.82, 2.24) is 0 Å². The summed E-state index contributed by atoms with van der Waals surface area (Å²) < 4.78 is 45.7. The minimum absolute atomic E-state index is 0.149. The van der Waals surface area contributed by atoms with Gasteiger partial charge in [-0.15, -0.1) is 13.2 Å². The van der Waals surface area contributed by atoms with Gasteiger partial charge in [0.05, 0.1) is 13.2 Å². The molecule has 1 aliphatic heterocycles. The second kappa shape index (κ2) is 5.76. The van der Waals surface area contributed by atoms with Crippen LogP contribution in [-0.4, -0.2) is 19.6 Å². The second-order valence-electron chi connectivity index (χ2n) is 6.81. The standard InChI is InChI=1S/C17H21F3O2/c1-16(10-21-11-16)14-6-2-12(3-7-14)13-4-8-15(9-5-13)22-17(18,19)20/h4-5,8-9,12,14H,2-3,6-7,10-11H2,1H3. The third-order valence-electron chi connectivity index (χ3n) is 5.16. The number of alkyl halides is 3. The van der Waals surface area contributed by atoms with Crippen LogP contribution in [-0.2, 0) is 4.74 Å². The van der Waals surface area contributed by atoms with Crippen molar-refractivity contribution < 1.29 is 22.6 Å². The lowest BCUT2D eigenvalue weighted by atomic mass is 9.66. The molecule has 1 aliphatic carbocycles. The van der Waals surface area contributed by atoms with Crippen LogP contribution < -0.4 is 4.74 Å². The number of hydrogen-bond donors (Lipinski definition) is 0. The van der Waals surface area contributed by atoms with Crippen LogP contribution >= 0.6 is 0 Å². The molecule has 0 amide bonds. The van der Waals surface area contributed by atoms with Gasteiger partial charge in [-0.05, 0) is 55.2 Å². The van der Waals surface area contributed by atoms with Gasteiger partial charge >= 0.3 is 6.36 Å². The summed E-state index contributed by atoms with van der Waals surface area (Å²) in [6.45, 7) is 4.03. The van der Waals surface area contributed by atoms with Crippen LogP contribution in [0.2, 0.25) is 0 Å². The molecular weight excluding hydrogens is 293 g/mol. The summed E-state index contributed by atoms with van der Waals surface area (Å²) >= 11 is 0. The van der Waals surface area contributed by atoms with Crippen LogP contribution in [0.3, 0.4) is 0 Å². The molecule has 0 radical (unpaired) electrons. The van der Waals surface area contributed by atoms with Crippen molar-refractivity contribution in [3.8, 4) is 5.75 Å². The monoisotopic (exact) mass is 314 g/mol. The number of benzene rings is 1. The first-order valence-electron chi connectivity index (χ1n) is 7.79. The van der Waals surface area contributed by atoms with Gasteiger partial charge in [0.15, 0.2) is 0 Å². The average molecular weight is 314 g/mol. The molecule has 0 aromatic heterocycles. The zero-order valence-corrected chi connectivity index (χ0v) is 12.7. The van der Waals surface area contributed by atoms with Gasteiger partial charge in [-0.2, -0.15) is 0 Å². The summed E-state index contributed by atoms with van der Waals surface area (Å²) in [7, 11) is 0. The molecule has 1 saturated carbocycles. The van der Waals surface area contributed by atoms with E-state index in [1.165, 1.54) is 25.0 Å². The van der Waals surface area contributed by atoms with E-state index in [1.54, 1.807) is 12.1 Å². The molecule has 3 rings (SSSR count). The SMILES string of the molecule is CC1(C2CCC(c3ccc(OC(F)(F)F)cc3)CC2)COC1. The Morgan fingerprint density at radius 2 is 1.64 bits per heavy atom. The van der Waals surface area contributed by atoms with Crippen molar-refractivity contribution in [1.29, 1.82) is 0 Å². The van der Waals surface area contributed by atoms with Crippen molar-refractivity contribution in [2.75, 3.05) is 13.2 Å². The predicted molar refractivity (Wildman–Crippen MR) is 76.8 cm³/mol. The maximum absolute atomic E-state index is 12.2. The summed E-state index contributed by atoms with van der Waals surface area (Å²) in [6.07, 6.45) is -0.0873. The second-order valence-corrected chi connectivity index (χ2v) is 6.81. The predicted octanol–water partition coefficient (Wildman–Crippen LogP) is 4.90. The molecule has 22 heavy (non-hydrogen) atoms. The van der Waals surface area contributed by atoms with E-state index in [9.17, 15) is 13.2 Å². The van der Waals surface area contributed by atoms with E-state index in [-0.39, 0.29) is 5.75 Å². The minimum atomic E-state index is -4.63. The largest absolute Gasteiger partial charge is 0.573 e. The molecule has 0 unspecified atom stereocenters. The molecule has 122 valence electrons.